The van der Waals surface area contributed by atoms with Crippen LogP contribution in [0.15, 0.2) is 82.6 Å². The number of nitrogens with zero attached hydrogens (tertiary/aromatic N) is 2. The van der Waals surface area contributed by atoms with E-state index < -0.39 is 0 Å². The van der Waals surface area contributed by atoms with Gasteiger partial charge >= 0.3 is 0 Å². The fraction of sp³-hybridized carbons (Fsp3) is 0.296. The fourth-order valence-electron chi connectivity index (χ4n) is 4.77. The first-order chi connectivity index (χ1) is 15.7. The van der Waals surface area contributed by atoms with Gasteiger partial charge in [0.15, 0.2) is 0 Å². The molecule has 1 N–H and O–H groups in total. The molecule has 1 atom stereocenters. The maximum atomic E-state index is 5.80. The summed E-state index contributed by atoms with van der Waals surface area (Å²) in [7, 11) is 0. The minimum absolute atomic E-state index is 0.361. The molecule has 0 spiro atoms. The number of nitrogens with one attached hydrogen (secondary N) is 1. The van der Waals surface area contributed by atoms with Gasteiger partial charge in [0.1, 0.15) is 4.99 Å². The average Bonchev–Trinajstić information content (AvgIpc) is 3.37. The maximum absolute atomic E-state index is 5.80. The largest absolute Gasteiger partial charge is 0.372 e. The van der Waals surface area contributed by atoms with Crippen molar-refractivity contribution < 1.29 is 0 Å². The summed E-state index contributed by atoms with van der Waals surface area (Å²) in [5.41, 5.74) is 4.90. The lowest BCUT2D eigenvalue weighted by molar-refractivity contribution is 0.239. The molecular formula is C27H29N3S2. The van der Waals surface area contributed by atoms with Crippen LogP contribution in [0.2, 0.25) is 0 Å². The van der Waals surface area contributed by atoms with Crippen molar-refractivity contribution in [3.8, 4) is 0 Å². The van der Waals surface area contributed by atoms with Gasteiger partial charge in [0, 0.05) is 35.0 Å². The Balaban J connectivity index is 1.47. The van der Waals surface area contributed by atoms with Crippen molar-refractivity contribution >= 4 is 40.3 Å². The van der Waals surface area contributed by atoms with Crippen LogP contribution in [-0.4, -0.2) is 29.1 Å². The SMILES string of the molecule is CCC(N1CCCC1)N1c2ccccc2Sc2ccc(C(=S)NCc3ccccc3)cc21. The molecule has 2 aliphatic rings. The van der Waals surface area contributed by atoms with Crippen molar-refractivity contribution in [3.05, 3.63) is 83.9 Å². The molecule has 1 fully saturated rings. The molecule has 5 rings (SSSR count). The molecule has 1 unspecified atom stereocenters. The Morgan fingerprint density at radius 2 is 1.66 bits per heavy atom. The first kappa shape index (κ1) is 21.5. The van der Waals surface area contributed by atoms with Gasteiger partial charge in [-0.3, -0.25) is 4.90 Å². The van der Waals surface area contributed by atoms with Gasteiger partial charge in [-0.2, -0.15) is 0 Å². The van der Waals surface area contributed by atoms with Crippen LogP contribution in [0.3, 0.4) is 0 Å². The van der Waals surface area contributed by atoms with Crippen LogP contribution in [0, 0.1) is 0 Å². The first-order valence-corrected chi connectivity index (χ1v) is 12.7. The third-order valence-electron chi connectivity index (χ3n) is 6.35. The van der Waals surface area contributed by atoms with Crippen molar-refractivity contribution in [3.63, 3.8) is 0 Å². The number of thiocarbonyl (C=S) groups is 1. The van der Waals surface area contributed by atoms with E-state index in [9.17, 15) is 0 Å². The summed E-state index contributed by atoms with van der Waals surface area (Å²) < 4.78 is 0. The van der Waals surface area contributed by atoms with Gasteiger partial charge in [0.05, 0.1) is 17.5 Å². The highest BCUT2D eigenvalue weighted by Gasteiger charge is 2.33. The second kappa shape index (κ2) is 9.65. The zero-order chi connectivity index (χ0) is 21.9. The van der Waals surface area contributed by atoms with Gasteiger partial charge in [-0.1, -0.05) is 79.4 Å². The molecule has 5 heteroatoms. The number of likely N-dealkylation sites (tertiary alicyclic amines) is 1. The van der Waals surface area contributed by atoms with Gasteiger partial charge in [-0.05, 0) is 49.1 Å². The number of hydrogen-bond donors (Lipinski definition) is 1. The Morgan fingerprint density at radius 3 is 2.44 bits per heavy atom. The Bertz CT molecular complexity index is 1090. The van der Waals surface area contributed by atoms with Gasteiger partial charge in [0.25, 0.3) is 0 Å². The van der Waals surface area contributed by atoms with Crippen LogP contribution in [0.1, 0.15) is 37.3 Å². The van der Waals surface area contributed by atoms with Gasteiger partial charge < -0.3 is 10.2 Å². The minimum atomic E-state index is 0.361. The third kappa shape index (κ3) is 4.29. The van der Waals surface area contributed by atoms with Crippen molar-refractivity contribution in [2.45, 2.75) is 48.7 Å². The molecule has 3 aromatic carbocycles. The zero-order valence-electron chi connectivity index (χ0n) is 18.5. The summed E-state index contributed by atoms with van der Waals surface area (Å²) in [6.45, 7) is 5.40. The molecule has 32 heavy (non-hydrogen) atoms. The molecular weight excluding hydrogens is 430 g/mol. The second-order valence-corrected chi connectivity index (χ2v) is 9.91. The number of benzene rings is 3. The van der Waals surface area contributed by atoms with Crippen LogP contribution < -0.4 is 10.2 Å². The monoisotopic (exact) mass is 459 g/mol. The normalized spacial score (nSPS) is 16.3. The van der Waals surface area contributed by atoms with E-state index in [1.54, 1.807) is 0 Å². The van der Waals surface area contributed by atoms with Crippen LogP contribution in [0.4, 0.5) is 11.4 Å². The van der Waals surface area contributed by atoms with E-state index in [1.807, 2.05) is 17.8 Å². The average molecular weight is 460 g/mol. The molecule has 0 aromatic heterocycles. The summed E-state index contributed by atoms with van der Waals surface area (Å²) in [6.07, 6.45) is 4.03. The number of hydrogen-bond acceptors (Lipinski definition) is 4. The smallest absolute Gasteiger partial charge is 0.106 e. The summed E-state index contributed by atoms with van der Waals surface area (Å²) in [6, 6.07) is 25.9. The molecule has 0 saturated carbocycles. The summed E-state index contributed by atoms with van der Waals surface area (Å²) >= 11 is 7.66. The molecule has 0 radical (unpaired) electrons. The third-order valence-corrected chi connectivity index (χ3v) is 7.86. The molecule has 3 nitrogen and oxygen atoms in total. The van der Waals surface area contributed by atoms with Crippen molar-refractivity contribution in [2.75, 3.05) is 18.0 Å². The molecule has 3 aromatic rings. The second-order valence-electron chi connectivity index (χ2n) is 8.42. The lowest BCUT2D eigenvalue weighted by atomic mass is 10.1. The Labute approximate surface area is 200 Å². The van der Waals surface area contributed by atoms with E-state index in [-0.39, 0.29) is 0 Å². The first-order valence-electron chi connectivity index (χ1n) is 11.5. The molecule has 164 valence electrons. The van der Waals surface area contributed by atoms with Crippen molar-refractivity contribution in [2.24, 2.45) is 0 Å². The number of anilines is 2. The minimum Gasteiger partial charge on any atom is -0.372 e. The Hall–Kier alpha value is -2.34. The summed E-state index contributed by atoms with van der Waals surface area (Å²) in [4.78, 5) is 8.64. The van der Waals surface area contributed by atoms with Gasteiger partial charge in [-0.15, -0.1) is 0 Å². The maximum Gasteiger partial charge on any atom is 0.106 e. The van der Waals surface area contributed by atoms with Crippen LogP contribution in [-0.2, 0) is 6.54 Å². The summed E-state index contributed by atoms with van der Waals surface area (Å²) in [5, 5.41) is 3.45. The highest BCUT2D eigenvalue weighted by Crippen LogP contribution is 2.50. The molecule has 1 saturated heterocycles. The number of para-hydroxylation sites is 1. The number of fused-ring (bicyclic) bond motifs is 2. The standard InChI is InChI=1S/C27H29N3S2/c1-2-26(29-16-8-9-17-29)30-22-12-6-7-13-24(22)32-25-15-14-21(18-23(25)30)27(31)28-19-20-10-4-3-5-11-20/h3-7,10-15,18,26H,2,8-9,16-17,19H2,1H3,(H,28,31). The van der Waals surface area contributed by atoms with E-state index in [0.717, 1.165) is 23.5 Å². The zero-order valence-corrected chi connectivity index (χ0v) is 20.1. The van der Waals surface area contributed by atoms with E-state index in [2.05, 4.69) is 88.8 Å². The predicted molar refractivity (Wildman–Crippen MR) is 139 cm³/mol. The van der Waals surface area contributed by atoms with E-state index in [4.69, 9.17) is 12.2 Å². The molecule has 0 amide bonds. The highest BCUT2D eigenvalue weighted by atomic mass is 32.2. The lowest BCUT2D eigenvalue weighted by Crippen LogP contribution is -2.45. The molecule has 0 aliphatic carbocycles. The van der Waals surface area contributed by atoms with Crippen molar-refractivity contribution in [1.29, 1.82) is 0 Å². The Morgan fingerprint density at radius 1 is 0.938 bits per heavy atom. The molecule has 2 aliphatic heterocycles. The van der Waals surface area contributed by atoms with Crippen LogP contribution in [0.5, 0.6) is 0 Å². The summed E-state index contributed by atoms with van der Waals surface area (Å²) in [5.74, 6) is 0. The predicted octanol–water partition coefficient (Wildman–Crippen LogP) is 6.59. The van der Waals surface area contributed by atoms with Gasteiger partial charge in [-0.25, -0.2) is 0 Å². The highest BCUT2D eigenvalue weighted by molar-refractivity contribution is 7.99. The topological polar surface area (TPSA) is 18.5 Å². The fourth-order valence-corrected chi connectivity index (χ4v) is 6.02. The Kier molecular flexibility index (Phi) is 6.49. The van der Waals surface area contributed by atoms with E-state index in [1.165, 1.54) is 52.7 Å². The van der Waals surface area contributed by atoms with Gasteiger partial charge in [0.2, 0.25) is 0 Å². The van der Waals surface area contributed by atoms with Crippen LogP contribution in [0.25, 0.3) is 0 Å². The lowest BCUT2D eigenvalue weighted by Gasteiger charge is -2.42. The van der Waals surface area contributed by atoms with Crippen LogP contribution >= 0.6 is 24.0 Å². The molecule has 0 bridgehead atoms. The number of rotatable bonds is 6. The van der Waals surface area contributed by atoms with E-state index >= 15 is 0 Å². The van der Waals surface area contributed by atoms with Crippen molar-refractivity contribution in [1.82, 2.24) is 10.2 Å². The van der Waals surface area contributed by atoms with E-state index in [0.29, 0.717) is 6.17 Å². The molecule has 2 heterocycles. The quantitative estimate of drug-likeness (QED) is 0.418.